The predicted octanol–water partition coefficient (Wildman–Crippen LogP) is 7.44. The van der Waals surface area contributed by atoms with E-state index in [1.165, 1.54) is 6.92 Å². The van der Waals surface area contributed by atoms with Crippen LogP contribution in [0.25, 0.3) is 0 Å². The van der Waals surface area contributed by atoms with Crippen molar-refractivity contribution in [3.05, 3.63) is 23.0 Å². The lowest BCUT2D eigenvalue weighted by Gasteiger charge is -2.68. The molecule has 4 saturated carbocycles. The van der Waals surface area contributed by atoms with Crippen molar-refractivity contribution in [1.29, 1.82) is 0 Å². The molecule has 230 valence electrons. The summed E-state index contributed by atoms with van der Waals surface area (Å²) in [7, 11) is 0. The van der Waals surface area contributed by atoms with Crippen LogP contribution in [0.4, 0.5) is 5.82 Å². The molecule has 1 aromatic rings. The molecule has 7 heteroatoms. The van der Waals surface area contributed by atoms with Crippen molar-refractivity contribution in [2.45, 2.75) is 119 Å². The van der Waals surface area contributed by atoms with Crippen molar-refractivity contribution in [3.8, 4) is 0 Å². The summed E-state index contributed by atoms with van der Waals surface area (Å²) in [4.78, 5) is 39.8. The van der Waals surface area contributed by atoms with Gasteiger partial charge in [0.25, 0.3) is 0 Å². The van der Waals surface area contributed by atoms with E-state index in [1.54, 1.807) is 6.07 Å². The topological polar surface area (TPSA) is 98.5 Å². The Morgan fingerprint density at radius 3 is 2.36 bits per heavy atom. The molecule has 1 amide bonds. The molecule has 1 heterocycles. The van der Waals surface area contributed by atoms with Gasteiger partial charge in [-0.3, -0.25) is 14.4 Å². The quantitative estimate of drug-likeness (QED) is 0.373. The Morgan fingerprint density at radius 2 is 1.71 bits per heavy atom. The molecule has 7 nitrogen and oxygen atoms in total. The maximum absolute atomic E-state index is 14.1. The fourth-order valence-corrected chi connectivity index (χ4v) is 11.6. The molecule has 5 aliphatic rings. The van der Waals surface area contributed by atoms with Crippen LogP contribution in [0, 0.1) is 58.2 Å². The van der Waals surface area contributed by atoms with E-state index in [2.05, 4.69) is 52.0 Å². The van der Waals surface area contributed by atoms with Gasteiger partial charge < -0.3 is 14.6 Å². The number of hydrogen-bond donors (Lipinski definition) is 1. The Morgan fingerprint density at radius 1 is 1.00 bits per heavy atom. The first-order valence-corrected chi connectivity index (χ1v) is 16.3. The number of aromatic nitrogens is 1. The van der Waals surface area contributed by atoms with E-state index in [0.717, 1.165) is 56.1 Å². The number of rotatable bonds is 4. The van der Waals surface area contributed by atoms with Gasteiger partial charge in [-0.05, 0) is 110 Å². The Kier molecular flexibility index (Phi) is 6.90. The summed E-state index contributed by atoms with van der Waals surface area (Å²) in [5, 5.41) is 7.06. The standard InChI is InChI=1S/C35H50N2O5/c1-19(2)29-24(39)18-35(31(40)36-28-17-20(3)42-37-28)16-11-23-22(30(29)35)9-10-26-33(23,7)14-12-25-32(5,6)27(41-21(4)38)13-15-34(25,26)8/h17,19,22-23,25-27H,9-16,18H2,1-8H3,(H,36,37,40)/t22?,23?,25?,26?,27-,33-,34-,35?/m0/s1. The molecule has 5 unspecified atom stereocenters. The van der Waals surface area contributed by atoms with Crippen LogP contribution in [-0.2, 0) is 19.1 Å². The number of esters is 1. The zero-order chi connectivity index (χ0) is 30.4. The number of ketones is 1. The van der Waals surface area contributed by atoms with E-state index in [1.807, 2.05) is 6.92 Å². The highest BCUT2D eigenvalue weighted by molar-refractivity contribution is 6.09. The van der Waals surface area contributed by atoms with Gasteiger partial charge in [0.2, 0.25) is 5.91 Å². The number of anilines is 1. The number of ether oxygens (including phenoxy) is 1. The Labute approximate surface area is 251 Å². The number of hydrogen-bond acceptors (Lipinski definition) is 6. The van der Waals surface area contributed by atoms with Crippen molar-refractivity contribution in [2.75, 3.05) is 5.32 Å². The van der Waals surface area contributed by atoms with E-state index in [-0.39, 0.29) is 58.3 Å². The largest absolute Gasteiger partial charge is 0.462 e. The predicted molar refractivity (Wildman–Crippen MR) is 160 cm³/mol. The Balaban J connectivity index is 1.35. The number of nitrogens with one attached hydrogen (secondary N) is 1. The molecule has 1 aromatic heterocycles. The second-order valence-corrected chi connectivity index (χ2v) is 15.9. The van der Waals surface area contributed by atoms with Crippen molar-refractivity contribution in [1.82, 2.24) is 5.16 Å². The molecule has 0 radical (unpaired) electrons. The van der Waals surface area contributed by atoms with E-state index >= 15 is 0 Å². The number of nitrogens with zero attached hydrogens (tertiary/aromatic N) is 1. The minimum Gasteiger partial charge on any atom is -0.462 e. The molecule has 0 saturated heterocycles. The minimum absolute atomic E-state index is 0.0284. The van der Waals surface area contributed by atoms with Crippen molar-refractivity contribution in [2.24, 2.45) is 51.2 Å². The van der Waals surface area contributed by atoms with Crippen LogP contribution in [0.5, 0.6) is 0 Å². The monoisotopic (exact) mass is 578 g/mol. The summed E-state index contributed by atoms with van der Waals surface area (Å²) in [5.74, 6) is 2.81. The van der Waals surface area contributed by atoms with Crippen LogP contribution in [0.3, 0.4) is 0 Å². The second kappa shape index (κ2) is 9.79. The van der Waals surface area contributed by atoms with Crippen LogP contribution in [-0.4, -0.2) is 28.9 Å². The third kappa shape index (κ3) is 4.11. The number of Topliss-reactive ketones (excluding diaryl/α,β-unsaturated/α-hetero) is 1. The van der Waals surface area contributed by atoms with Gasteiger partial charge >= 0.3 is 5.97 Å². The lowest BCUT2D eigenvalue weighted by molar-refractivity contribution is -0.212. The van der Waals surface area contributed by atoms with Gasteiger partial charge in [0.15, 0.2) is 11.6 Å². The van der Waals surface area contributed by atoms with Crippen LogP contribution in [0.15, 0.2) is 21.7 Å². The highest BCUT2D eigenvalue weighted by Crippen LogP contribution is 2.73. The number of amides is 1. The molecular formula is C35H50N2O5. The minimum atomic E-state index is -0.793. The van der Waals surface area contributed by atoms with Gasteiger partial charge in [0.1, 0.15) is 11.9 Å². The van der Waals surface area contributed by atoms with E-state index in [4.69, 9.17) is 9.26 Å². The lowest BCUT2D eigenvalue weighted by atomic mass is 9.36. The first-order valence-electron chi connectivity index (χ1n) is 16.3. The highest BCUT2D eigenvalue weighted by atomic mass is 16.5. The molecule has 0 aromatic carbocycles. The molecule has 0 aliphatic heterocycles. The van der Waals surface area contributed by atoms with Gasteiger partial charge in [-0.25, -0.2) is 0 Å². The summed E-state index contributed by atoms with van der Waals surface area (Å²) in [6.45, 7) is 17.3. The molecule has 42 heavy (non-hydrogen) atoms. The average Bonchev–Trinajstić information content (AvgIpc) is 3.45. The molecule has 0 bridgehead atoms. The van der Waals surface area contributed by atoms with Crippen LogP contribution >= 0.6 is 0 Å². The number of carbonyl (C=O) groups is 3. The first kappa shape index (κ1) is 29.6. The number of aryl methyl sites for hydroxylation is 1. The van der Waals surface area contributed by atoms with E-state index in [9.17, 15) is 14.4 Å². The molecule has 4 fully saturated rings. The zero-order valence-corrected chi connectivity index (χ0v) is 26.9. The number of fused-ring (bicyclic) bond motifs is 7. The zero-order valence-electron chi connectivity index (χ0n) is 26.9. The SMILES string of the molecule is CC(=O)O[C@H]1CC[C@@]2(C)C(CC[C@@]3(C)C4CCC5(C(=O)Nc6cc(C)on6)CC(=O)C(C(C)C)=C5C4CCC32)C1(C)C. The normalized spacial score (nSPS) is 40.6. The third-order valence-electron chi connectivity index (χ3n) is 13.1. The summed E-state index contributed by atoms with van der Waals surface area (Å²) in [5.41, 5.74) is 1.53. The first-order chi connectivity index (χ1) is 19.6. The van der Waals surface area contributed by atoms with Gasteiger partial charge in [-0.2, -0.15) is 0 Å². The summed E-state index contributed by atoms with van der Waals surface area (Å²) < 4.78 is 11.1. The molecule has 6 rings (SSSR count). The Hall–Kier alpha value is -2.44. The van der Waals surface area contributed by atoms with Gasteiger partial charge in [-0.1, -0.05) is 46.7 Å². The molecule has 5 aliphatic carbocycles. The summed E-state index contributed by atoms with van der Waals surface area (Å²) in [6, 6.07) is 1.74. The maximum Gasteiger partial charge on any atom is 0.302 e. The number of allylic oxidation sites excluding steroid dienone is 1. The van der Waals surface area contributed by atoms with Crippen LogP contribution in [0.1, 0.15) is 112 Å². The molecule has 1 N–H and O–H groups in total. The van der Waals surface area contributed by atoms with Crippen molar-refractivity contribution >= 4 is 23.5 Å². The smallest absolute Gasteiger partial charge is 0.302 e. The van der Waals surface area contributed by atoms with Gasteiger partial charge in [0.05, 0.1) is 5.41 Å². The van der Waals surface area contributed by atoms with E-state index < -0.39 is 5.41 Å². The maximum atomic E-state index is 14.1. The summed E-state index contributed by atoms with van der Waals surface area (Å²) in [6.07, 6.45) is 8.32. The third-order valence-corrected chi connectivity index (χ3v) is 13.1. The highest BCUT2D eigenvalue weighted by Gasteiger charge is 2.67. The van der Waals surface area contributed by atoms with Crippen LogP contribution < -0.4 is 5.32 Å². The second-order valence-electron chi connectivity index (χ2n) is 15.9. The fraction of sp³-hybridized carbons (Fsp3) is 0.771. The van der Waals surface area contributed by atoms with Crippen molar-refractivity contribution < 1.29 is 23.6 Å². The van der Waals surface area contributed by atoms with Gasteiger partial charge in [-0.15, -0.1) is 0 Å². The van der Waals surface area contributed by atoms with Crippen LogP contribution in [0.2, 0.25) is 0 Å². The number of carbonyl (C=O) groups excluding carboxylic acids is 3. The fourth-order valence-electron chi connectivity index (χ4n) is 11.6. The molecule has 0 spiro atoms. The molecular weight excluding hydrogens is 528 g/mol. The molecule has 8 atom stereocenters. The summed E-state index contributed by atoms with van der Waals surface area (Å²) >= 11 is 0. The van der Waals surface area contributed by atoms with E-state index in [0.29, 0.717) is 35.8 Å². The Bertz CT molecular complexity index is 1340. The van der Waals surface area contributed by atoms with Crippen molar-refractivity contribution in [3.63, 3.8) is 0 Å². The lowest BCUT2D eigenvalue weighted by Crippen LogP contribution is -2.63. The average molecular weight is 579 g/mol. The van der Waals surface area contributed by atoms with Gasteiger partial charge in [0, 0.05) is 24.8 Å².